The fourth-order valence-electron chi connectivity index (χ4n) is 4.08. The number of rotatable bonds is 6. The van der Waals surface area contributed by atoms with Gasteiger partial charge in [-0.1, -0.05) is 17.7 Å². The van der Waals surface area contributed by atoms with Crippen molar-refractivity contribution in [3.63, 3.8) is 0 Å². The molecule has 0 aliphatic carbocycles. The highest BCUT2D eigenvalue weighted by atomic mass is 35.5. The number of nitrogens with zero attached hydrogens (tertiary/aromatic N) is 3. The van der Waals surface area contributed by atoms with Crippen LogP contribution in [0.25, 0.3) is 11.1 Å². The van der Waals surface area contributed by atoms with Gasteiger partial charge in [-0.15, -0.1) is 0 Å². The summed E-state index contributed by atoms with van der Waals surface area (Å²) < 4.78 is 30.8. The zero-order valence-electron chi connectivity index (χ0n) is 19.8. The molecule has 1 aromatic heterocycles. The van der Waals surface area contributed by atoms with Gasteiger partial charge >= 0.3 is 0 Å². The maximum Gasteiger partial charge on any atom is 0.300 e. The van der Waals surface area contributed by atoms with Crippen molar-refractivity contribution in [2.45, 2.75) is 4.90 Å². The van der Waals surface area contributed by atoms with Crippen LogP contribution in [0.15, 0.2) is 63.9 Å². The van der Waals surface area contributed by atoms with E-state index in [2.05, 4.69) is 32.5 Å². The van der Waals surface area contributed by atoms with Crippen molar-refractivity contribution in [1.82, 2.24) is 9.88 Å². The highest BCUT2D eigenvalue weighted by Gasteiger charge is 2.19. The maximum absolute atomic E-state index is 12.4. The molecule has 4 aromatic rings. The third-order valence-corrected chi connectivity index (χ3v) is 7.48. The molecule has 9 nitrogen and oxygen atoms in total. The first kappa shape index (κ1) is 24.2. The van der Waals surface area contributed by atoms with Crippen LogP contribution in [0.3, 0.4) is 0 Å². The quantitative estimate of drug-likeness (QED) is 0.303. The van der Waals surface area contributed by atoms with E-state index in [9.17, 15) is 13.5 Å². The second kappa shape index (κ2) is 9.53. The predicted molar refractivity (Wildman–Crippen MR) is 143 cm³/mol. The molecule has 0 radical (unpaired) electrons. The minimum Gasteiger partial charge on any atom is -0.506 e. The Morgan fingerprint density at radius 3 is 2.50 bits per heavy atom. The molecule has 0 amide bonds. The van der Waals surface area contributed by atoms with E-state index in [-0.39, 0.29) is 21.7 Å². The fourth-order valence-corrected chi connectivity index (χ4v) is 4.94. The summed E-state index contributed by atoms with van der Waals surface area (Å²) in [5.41, 5.74) is 3.87. The average Bonchev–Trinajstić information content (AvgIpc) is 3.24. The summed E-state index contributed by atoms with van der Waals surface area (Å²) in [7, 11) is -1.36. The number of aromatic hydroxyl groups is 1. The molecule has 3 aromatic carbocycles. The Morgan fingerprint density at radius 1 is 1.00 bits per heavy atom. The summed E-state index contributed by atoms with van der Waals surface area (Å²) in [6.45, 7) is 3.42. The van der Waals surface area contributed by atoms with Gasteiger partial charge in [0.15, 0.2) is 15.4 Å². The molecule has 1 fully saturated rings. The number of sulfone groups is 1. The van der Waals surface area contributed by atoms with E-state index < -0.39 is 9.84 Å². The zero-order valence-corrected chi connectivity index (χ0v) is 21.4. The van der Waals surface area contributed by atoms with Gasteiger partial charge in [0, 0.05) is 49.5 Å². The van der Waals surface area contributed by atoms with Crippen LogP contribution >= 0.6 is 11.6 Å². The molecule has 0 spiro atoms. The number of anilines is 5. The molecular weight excluding hydrogens is 502 g/mol. The van der Waals surface area contributed by atoms with Crippen LogP contribution in [-0.4, -0.2) is 62.9 Å². The first-order valence-corrected chi connectivity index (χ1v) is 13.6. The second-order valence-electron chi connectivity index (χ2n) is 8.87. The van der Waals surface area contributed by atoms with Gasteiger partial charge in [-0.2, -0.15) is 4.98 Å². The summed E-state index contributed by atoms with van der Waals surface area (Å²) in [4.78, 5) is 9.18. The third-order valence-electron chi connectivity index (χ3n) is 6.08. The number of hydrogen-bond acceptors (Lipinski definition) is 9. The lowest BCUT2D eigenvalue weighted by Gasteiger charge is -2.34. The van der Waals surface area contributed by atoms with Crippen molar-refractivity contribution in [2.75, 3.05) is 55.0 Å². The lowest BCUT2D eigenvalue weighted by molar-refractivity contribution is 0.313. The standard InChI is InChI=1S/C25H26ClN5O4S/c1-30-8-10-31(11-9-30)18-12-17(13-19(15-18)36(2,33)34)28-25-29-22-5-3-4-21(24(22)35-25)27-16-6-7-23(32)20(26)14-16/h3-7,12-15,27,32H,8-11H2,1-2H3,(H,28,29). The van der Waals surface area contributed by atoms with Crippen LogP contribution in [0.1, 0.15) is 0 Å². The van der Waals surface area contributed by atoms with Gasteiger partial charge in [0.05, 0.1) is 15.6 Å². The minimum atomic E-state index is -3.43. The Hall–Kier alpha value is -3.47. The molecule has 5 rings (SSSR count). The summed E-state index contributed by atoms with van der Waals surface area (Å²) >= 11 is 6.03. The van der Waals surface area contributed by atoms with Gasteiger partial charge in [-0.25, -0.2) is 8.42 Å². The van der Waals surface area contributed by atoms with Gasteiger partial charge in [-0.05, 0) is 55.6 Å². The van der Waals surface area contributed by atoms with Crippen molar-refractivity contribution < 1.29 is 17.9 Å². The topological polar surface area (TPSA) is 111 Å². The lowest BCUT2D eigenvalue weighted by atomic mass is 10.2. The van der Waals surface area contributed by atoms with Crippen LogP contribution in [0.4, 0.5) is 28.8 Å². The van der Waals surface area contributed by atoms with E-state index in [0.29, 0.717) is 28.2 Å². The maximum atomic E-state index is 12.4. The number of halogens is 1. The van der Waals surface area contributed by atoms with E-state index in [0.717, 1.165) is 31.9 Å². The fraction of sp³-hybridized carbons (Fsp3) is 0.240. The molecule has 3 N–H and O–H groups in total. The lowest BCUT2D eigenvalue weighted by Crippen LogP contribution is -2.44. The Kier molecular flexibility index (Phi) is 6.42. The molecule has 1 saturated heterocycles. The number of phenolic OH excluding ortho intramolecular Hbond substituents is 1. The van der Waals surface area contributed by atoms with Crippen molar-refractivity contribution in [1.29, 1.82) is 0 Å². The predicted octanol–water partition coefficient (Wildman–Crippen LogP) is 4.83. The first-order valence-electron chi connectivity index (χ1n) is 11.4. The molecule has 0 unspecified atom stereocenters. The Bertz CT molecular complexity index is 1530. The summed E-state index contributed by atoms with van der Waals surface area (Å²) in [6.07, 6.45) is 1.20. The number of piperazine rings is 1. The van der Waals surface area contributed by atoms with Crippen LogP contribution in [0.5, 0.6) is 5.75 Å². The van der Waals surface area contributed by atoms with Gasteiger partial charge in [-0.3, -0.25) is 0 Å². The van der Waals surface area contributed by atoms with E-state index >= 15 is 0 Å². The molecule has 1 aliphatic heterocycles. The van der Waals surface area contributed by atoms with Crippen LogP contribution < -0.4 is 15.5 Å². The molecular formula is C25H26ClN5O4S. The first-order chi connectivity index (χ1) is 17.2. The zero-order chi connectivity index (χ0) is 25.4. The number of aromatic nitrogens is 1. The monoisotopic (exact) mass is 527 g/mol. The van der Waals surface area contributed by atoms with Gasteiger partial charge in [0.25, 0.3) is 6.01 Å². The molecule has 0 saturated carbocycles. The number of para-hydroxylation sites is 1. The minimum absolute atomic E-state index is 0.00107. The van der Waals surface area contributed by atoms with E-state index in [4.69, 9.17) is 16.0 Å². The second-order valence-corrected chi connectivity index (χ2v) is 11.3. The van der Waals surface area contributed by atoms with Crippen molar-refractivity contribution in [2.24, 2.45) is 0 Å². The molecule has 1 aliphatic rings. The third kappa shape index (κ3) is 5.20. The summed E-state index contributed by atoms with van der Waals surface area (Å²) in [6, 6.07) is 15.8. The van der Waals surface area contributed by atoms with Crippen LogP contribution in [-0.2, 0) is 9.84 Å². The van der Waals surface area contributed by atoms with Crippen molar-refractivity contribution in [3.05, 3.63) is 59.6 Å². The highest BCUT2D eigenvalue weighted by Crippen LogP contribution is 2.34. The van der Waals surface area contributed by atoms with Crippen molar-refractivity contribution in [3.8, 4) is 5.75 Å². The van der Waals surface area contributed by atoms with Gasteiger partial charge < -0.3 is 30.0 Å². The highest BCUT2D eigenvalue weighted by molar-refractivity contribution is 7.90. The number of benzene rings is 3. The largest absolute Gasteiger partial charge is 0.506 e. The van der Waals surface area contributed by atoms with Crippen LogP contribution in [0, 0.1) is 0 Å². The SMILES string of the molecule is CN1CCN(c2cc(Nc3nc4cccc(Nc5ccc(O)c(Cl)c5)c4o3)cc(S(C)(=O)=O)c2)CC1. The molecule has 188 valence electrons. The molecule has 36 heavy (non-hydrogen) atoms. The van der Waals surface area contributed by atoms with Gasteiger partial charge in [0.1, 0.15) is 11.3 Å². The van der Waals surface area contributed by atoms with Crippen LogP contribution in [0.2, 0.25) is 5.02 Å². The number of likely N-dealkylation sites (N-methyl/N-ethyl adjacent to an activating group) is 1. The van der Waals surface area contributed by atoms with Crippen molar-refractivity contribution >= 4 is 61.3 Å². The van der Waals surface area contributed by atoms with Gasteiger partial charge in [0.2, 0.25) is 0 Å². The Balaban J connectivity index is 1.46. The Morgan fingerprint density at radius 2 is 1.78 bits per heavy atom. The molecule has 0 atom stereocenters. The molecule has 11 heteroatoms. The number of hydrogen-bond donors (Lipinski definition) is 3. The summed E-state index contributed by atoms with van der Waals surface area (Å²) in [5.74, 6) is -0.00107. The Labute approximate surface area is 214 Å². The summed E-state index contributed by atoms with van der Waals surface area (Å²) in [5, 5.41) is 16.3. The molecule has 2 heterocycles. The molecule has 0 bridgehead atoms. The van der Waals surface area contributed by atoms with E-state index in [1.54, 1.807) is 24.3 Å². The van der Waals surface area contributed by atoms with E-state index in [1.165, 1.54) is 12.3 Å². The number of nitrogens with one attached hydrogen (secondary N) is 2. The number of phenols is 1. The smallest absolute Gasteiger partial charge is 0.300 e. The number of fused-ring (bicyclic) bond motifs is 1. The normalized spacial score (nSPS) is 14.8. The number of oxazole rings is 1. The van der Waals surface area contributed by atoms with E-state index in [1.807, 2.05) is 24.3 Å². The average molecular weight is 528 g/mol.